The number of carbonyl (C=O) groups excluding carboxylic acids is 1. The van der Waals surface area contributed by atoms with Crippen LogP contribution in [0, 0.1) is 5.92 Å². The van der Waals surface area contributed by atoms with Crippen LogP contribution in [0.4, 0.5) is 5.82 Å². The van der Waals surface area contributed by atoms with Gasteiger partial charge in [-0.3, -0.25) is 9.20 Å². The Morgan fingerprint density at radius 2 is 2.42 bits per heavy atom. The van der Waals surface area contributed by atoms with Crippen LogP contribution in [0.25, 0.3) is 4.96 Å². The third-order valence-electron chi connectivity index (χ3n) is 3.88. The highest BCUT2D eigenvalue weighted by Crippen LogP contribution is 2.28. The Hall–Kier alpha value is -1.40. The van der Waals surface area contributed by atoms with Crippen LogP contribution in [-0.2, 0) is 4.74 Å². The van der Waals surface area contributed by atoms with E-state index in [1.54, 1.807) is 18.4 Å². The number of nitrogens with zero attached hydrogens (tertiary/aromatic N) is 3. The summed E-state index contributed by atoms with van der Waals surface area (Å²) >= 11 is 1.54. The summed E-state index contributed by atoms with van der Waals surface area (Å²) in [4.78, 5) is 19.0. The fourth-order valence-corrected chi connectivity index (χ4v) is 3.38. The second-order valence-electron chi connectivity index (χ2n) is 4.98. The van der Waals surface area contributed by atoms with Gasteiger partial charge in [0.1, 0.15) is 5.69 Å². The number of rotatable bonds is 3. The van der Waals surface area contributed by atoms with Gasteiger partial charge >= 0.3 is 0 Å². The van der Waals surface area contributed by atoms with Crippen molar-refractivity contribution in [1.82, 2.24) is 9.38 Å². The fourth-order valence-electron chi connectivity index (χ4n) is 2.67. The Bertz CT molecular complexity index is 592. The van der Waals surface area contributed by atoms with Gasteiger partial charge in [-0.05, 0) is 12.3 Å². The van der Waals surface area contributed by atoms with E-state index in [0.29, 0.717) is 11.6 Å². The molecule has 0 aliphatic carbocycles. The molecule has 3 rings (SSSR count). The van der Waals surface area contributed by atoms with Crippen LogP contribution >= 0.6 is 11.3 Å². The van der Waals surface area contributed by atoms with Gasteiger partial charge in [0.05, 0.1) is 6.10 Å². The van der Waals surface area contributed by atoms with Crippen molar-refractivity contribution in [3.63, 3.8) is 0 Å². The molecule has 0 aromatic carbocycles. The summed E-state index contributed by atoms with van der Waals surface area (Å²) < 4.78 is 7.38. The number of imidazole rings is 1. The molecule has 1 saturated heterocycles. The average Bonchev–Trinajstić information content (AvgIpc) is 2.99. The van der Waals surface area contributed by atoms with Crippen LogP contribution in [0.5, 0.6) is 0 Å². The van der Waals surface area contributed by atoms with Crippen molar-refractivity contribution >= 4 is 28.4 Å². The van der Waals surface area contributed by atoms with Gasteiger partial charge in [-0.1, -0.05) is 6.92 Å². The van der Waals surface area contributed by atoms with E-state index in [1.165, 1.54) is 0 Å². The van der Waals surface area contributed by atoms with Gasteiger partial charge in [0.25, 0.3) is 0 Å². The Labute approximate surface area is 115 Å². The molecule has 3 heterocycles. The number of ether oxygens (including phenoxy) is 1. The molecular weight excluding hydrogens is 262 g/mol. The lowest BCUT2D eigenvalue weighted by Crippen LogP contribution is -2.44. The Kier molecular flexibility index (Phi) is 3.28. The van der Waals surface area contributed by atoms with E-state index in [2.05, 4.69) is 16.8 Å². The maximum absolute atomic E-state index is 11.3. The SMILES string of the molecule is COC1CN(c2nc3sccn3c2C=O)CCC1C. The minimum absolute atomic E-state index is 0.202. The molecule has 2 aromatic rings. The Morgan fingerprint density at radius 1 is 1.58 bits per heavy atom. The van der Waals surface area contributed by atoms with Crippen LogP contribution in [0.3, 0.4) is 0 Å². The lowest BCUT2D eigenvalue weighted by molar-refractivity contribution is 0.0496. The molecule has 2 unspecified atom stereocenters. The van der Waals surface area contributed by atoms with Crippen molar-refractivity contribution in [2.24, 2.45) is 5.92 Å². The third kappa shape index (κ3) is 2.04. The quantitative estimate of drug-likeness (QED) is 0.807. The molecule has 0 saturated carbocycles. The van der Waals surface area contributed by atoms with E-state index in [1.807, 2.05) is 16.0 Å². The molecule has 1 aliphatic rings. The van der Waals surface area contributed by atoms with Gasteiger partial charge in [-0.25, -0.2) is 4.98 Å². The first kappa shape index (κ1) is 12.6. The van der Waals surface area contributed by atoms with Gasteiger partial charge in [0, 0.05) is 31.8 Å². The zero-order valence-corrected chi connectivity index (χ0v) is 11.9. The summed E-state index contributed by atoms with van der Waals surface area (Å²) in [5.41, 5.74) is 0.639. The number of hydrogen-bond donors (Lipinski definition) is 0. The smallest absolute Gasteiger partial charge is 0.196 e. The van der Waals surface area contributed by atoms with E-state index in [9.17, 15) is 4.79 Å². The summed E-state index contributed by atoms with van der Waals surface area (Å²) in [5, 5.41) is 1.94. The molecule has 6 heteroatoms. The lowest BCUT2D eigenvalue weighted by Gasteiger charge is -2.36. The van der Waals surface area contributed by atoms with E-state index < -0.39 is 0 Å². The summed E-state index contributed by atoms with van der Waals surface area (Å²) in [6.45, 7) is 3.92. The maximum atomic E-state index is 11.3. The number of aldehydes is 1. The number of hydrogen-bond acceptors (Lipinski definition) is 5. The van der Waals surface area contributed by atoms with Crippen molar-refractivity contribution in [1.29, 1.82) is 0 Å². The second kappa shape index (κ2) is 4.94. The number of aromatic nitrogens is 2. The average molecular weight is 279 g/mol. The first-order chi connectivity index (χ1) is 9.24. The first-order valence-electron chi connectivity index (χ1n) is 6.43. The van der Waals surface area contributed by atoms with Gasteiger partial charge in [-0.2, -0.15) is 0 Å². The van der Waals surface area contributed by atoms with Crippen LogP contribution in [0.15, 0.2) is 11.6 Å². The van der Waals surface area contributed by atoms with Crippen LogP contribution in [0.2, 0.25) is 0 Å². The molecule has 0 radical (unpaired) electrons. The standard InChI is InChI=1S/C13H17N3O2S/c1-9-3-4-15(7-11(9)18-2)12-10(8-17)16-5-6-19-13(16)14-12/h5-6,8-9,11H,3-4,7H2,1-2H3. The predicted molar refractivity (Wildman–Crippen MR) is 75.2 cm³/mol. The zero-order valence-electron chi connectivity index (χ0n) is 11.1. The second-order valence-corrected chi connectivity index (χ2v) is 5.85. The van der Waals surface area contributed by atoms with Crippen molar-refractivity contribution in [3.8, 4) is 0 Å². The summed E-state index contributed by atoms with van der Waals surface area (Å²) in [6, 6.07) is 0. The molecule has 2 atom stereocenters. The van der Waals surface area contributed by atoms with Crippen LogP contribution in [-0.4, -0.2) is 42.0 Å². The monoisotopic (exact) mass is 279 g/mol. The number of thiazole rings is 1. The largest absolute Gasteiger partial charge is 0.379 e. The number of carbonyl (C=O) groups is 1. The Balaban J connectivity index is 1.95. The molecule has 5 nitrogen and oxygen atoms in total. The highest BCUT2D eigenvalue weighted by atomic mass is 32.1. The molecule has 0 N–H and O–H groups in total. The molecule has 2 aromatic heterocycles. The van der Waals surface area contributed by atoms with Gasteiger partial charge in [0.15, 0.2) is 17.1 Å². The van der Waals surface area contributed by atoms with Crippen molar-refractivity contribution in [2.75, 3.05) is 25.1 Å². The van der Waals surface area contributed by atoms with Crippen molar-refractivity contribution in [2.45, 2.75) is 19.4 Å². The number of fused-ring (bicyclic) bond motifs is 1. The van der Waals surface area contributed by atoms with Crippen molar-refractivity contribution in [3.05, 3.63) is 17.3 Å². The summed E-state index contributed by atoms with van der Waals surface area (Å²) in [7, 11) is 1.75. The van der Waals surface area contributed by atoms with Gasteiger partial charge < -0.3 is 9.64 Å². The fraction of sp³-hybridized carbons (Fsp3) is 0.538. The Morgan fingerprint density at radius 3 is 3.16 bits per heavy atom. The zero-order chi connectivity index (χ0) is 13.4. The molecule has 1 aliphatic heterocycles. The first-order valence-corrected chi connectivity index (χ1v) is 7.31. The molecule has 19 heavy (non-hydrogen) atoms. The van der Waals surface area contributed by atoms with Crippen molar-refractivity contribution < 1.29 is 9.53 Å². The van der Waals surface area contributed by atoms with Crippen LogP contribution < -0.4 is 4.90 Å². The maximum Gasteiger partial charge on any atom is 0.196 e. The minimum atomic E-state index is 0.202. The number of methoxy groups -OCH3 is 1. The van der Waals surface area contributed by atoms with Gasteiger partial charge in [0.2, 0.25) is 0 Å². The number of piperidine rings is 1. The number of anilines is 1. The van der Waals surface area contributed by atoms with Gasteiger partial charge in [-0.15, -0.1) is 11.3 Å². The van der Waals surface area contributed by atoms with E-state index in [4.69, 9.17) is 4.74 Å². The highest BCUT2D eigenvalue weighted by Gasteiger charge is 2.29. The molecule has 0 amide bonds. The van der Waals surface area contributed by atoms with E-state index in [0.717, 1.165) is 36.6 Å². The normalized spacial score (nSPS) is 24.0. The van der Waals surface area contributed by atoms with E-state index >= 15 is 0 Å². The molecule has 0 spiro atoms. The summed E-state index contributed by atoms with van der Waals surface area (Å²) in [6.07, 6.45) is 4.04. The topological polar surface area (TPSA) is 46.8 Å². The third-order valence-corrected chi connectivity index (χ3v) is 4.64. The minimum Gasteiger partial charge on any atom is -0.379 e. The molecule has 0 bridgehead atoms. The summed E-state index contributed by atoms with van der Waals surface area (Å²) in [5.74, 6) is 1.33. The molecular formula is C13H17N3O2S. The van der Waals surface area contributed by atoms with Crippen LogP contribution in [0.1, 0.15) is 23.8 Å². The highest BCUT2D eigenvalue weighted by molar-refractivity contribution is 7.15. The van der Waals surface area contributed by atoms with E-state index in [-0.39, 0.29) is 6.10 Å². The molecule has 102 valence electrons. The molecule has 1 fully saturated rings. The predicted octanol–water partition coefficient (Wildman–Crippen LogP) is 2.07. The lowest BCUT2D eigenvalue weighted by atomic mass is 9.96.